The third-order valence-electron chi connectivity index (χ3n) is 3.53. The van der Waals surface area contributed by atoms with Crippen LogP contribution in [0.5, 0.6) is 5.75 Å². The van der Waals surface area contributed by atoms with Crippen LogP contribution in [0, 0.1) is 0 Å². The average Bonchev–Trinajstić information content (AvgIpc) is 2.52. The molecule has 0 unspecified atom stereocenters. The highest BCUT2D eigenvalue weighted by Crippen LogP contribution is 2.16. The van der Waals surface area contributed by atoms with E-state index >= 15 is 0 Å². The first-order valence-electron chi connectivity index (χ1n) is 7.14. The van der Waals surface area contributed by atoms with Gasteiger partial charge in [-0.05, 0) is 42.3 Å². The van der Waals surface area contributed by atoms with Crippen molar-refractivity contribution in [3.05, 3.63) is 71.9 Å². The molecule has 0 fully saturated rings. The van der Waals surface area contributed by atoms with Gasteiger partial charge in [0.1, 0.15) is 5.75 Å². The Hall–Kier alpha value is -2.39. The molecular weight excluding hydrogens is 260 g/mol. The molecule has 2 aromatic carbocycles. The van der Waals surface area contributed by atoms with Crippen LogP contribution in [0.3, 0.4) is 0 Å². The zero-order valence-corrected chi connectivity index (χ0v) is 11.8. The molecule has 1 aromatic heterocycles. The third kappa shape index (κ3) is 3.38. The highest BCUT2D eigenvalue weighted by molar-refractivity contribution is 5.81. The van der Waals surface area contributed by atoms with Gasteiger partial charge >= 0.3 is 0 Å². The summed E-state index contributed by atoms with van der Waals surface area (Å²) in [6.45, 7) is 1.64. The Morgan fingerprint density at radius 1 is 1.00 bits per heavy atom. The number of aromatic nitrogens is 1. The van der Waals surface area contributed by atoms with Crippen LogP contribution in [0.4, 0.5) is 0 Å². The molecule has 0 aliphatic rings. The predicted molar refractivity (Wildman–Crippen MR) is 85.3 cm³/mol. The summed E-state index contributed by atoms with van der Waals surface area (Å²) >= 11 is 0. The minimum Gasteiger partial charge on any atom is -0.508 e. The van der Waals surface area contributed by atoms with Crippen LogP contribution in [-0.4, -0.2) is 16.6 Å². The number of fused-ring (bicyclic) bond motifs is 1. The number of aromatic hydroxyl groups is 1. The van der Waals surface area contributed by atoms with E-state index in [0.29, 0.717) is 5.75 Å². The molecule has 0 aliphatic heterocycles. The second-order valence-electron chi connectivity index (χ2n) is 5.09. The Labute approximate surface area is 124 Å². The van der Waals surface area contributed by atoms with Crippen LogP contribution in [0.25, 0.3) is 10.9 Å². The molecule has 0 saturated heterocycles. The van der Waals surface area contributed by atoms with Crippen molar-refractivity contribution in [2.75, 3.05) is 6.54 Å². The summed E-state index contributed by atoms with van der Waals surface area (Å²) in [5.74, 6) is 0.313. The maximum Gasteiger partial charge on any atom is 0.115 e. The number of phenolic OH excluding ortho intramolecular Hbond substituents is 1. The molecule has 0 bridgehead atoms. The molecule has 3 nitrogen and oxygen atoms in total. The van der Waals surface area contributed by atoms with Crippen molar-refractivity contribution >= 4 is 10.9 Å². The molecule has 0 amide bonds. The van der Waals surface area contributed by atoms with E-state index in [1.54, 1.807) is 12.1 Å². The molecule has 3 heteroatoms. The summed E-state index contributed by atoms with van der Waals surface area (Å²) in [5.41, 5.74) is 3.43. The van der Waals surface area contributed by atoms with Crippen LogP contribution in [0.2, 0.25) is 0 Å². The normalized spacial score (nSPS) is 10.9. The van der Waals surface area contributed by atoms with Gasteiger partial charge in [0, 0.05) is 18.1 Å². The van der Waals surface area contributed by atoms with Gasteiger partial charge in [-0.2, -0.15) is 0 Å². The lowest BCUT2D eigenvalue weighted by atomic mass is 10.1. The van der Waals surface area contributed by atoms with Crippen molar-refractivity contribution in [1.82, 2.24) is 10.3 Å². The lowest BCUT2D eigenvalue weighted by Gasteiger charge is -2.07. The summed E-state index contributed by atoms with van der Waals surface area (Å²) in [7, 11) is 0. The van der Waals surface area contributed by atoms with Crippen LogP contribution >= 0.6 is 0 Å². The molecule has 0 spiro atoms. The fraction of sp³-hybridized carbons (Fsp3) is 0.167. The van der Waals surface area contributed by atoms with Crippen LogP contribution in [0.15, 0.2) is 60.8 Å². The summed E-state index contributed by atoms with van der Waals surface area (Å²) in [4.78, 5) is 4.47. The Morgan fingerprint density at radius 3 is 2.76 bits per heavy atom. The molecule has 3 aromatic rings. The van der Waals surface area contributed by atoms with Gasteiger partial charge in [-0.1, -0.05) is 36.4 Å². The maximum atomic E-state index is 9.43. The number of hydrogen-bond donors (Lipinski definition) is 2. The van der Waals surface area contributed by atoms with Gasteiger partial charge in [-0.15, -0.1) is 0 Å². The van der Waals surface area contributed by atoms with Gasteiger partial charge in [-0.25, -0.2) is 0 Å². The van der Waals surface area contributed by atoms with Crippen LogP contribution in [-0.2, 0) is 13.0 Å². The highest BCUT2D eigenvalue weighted by atomic mass is 16.3. The van der Waals surface area contributed by atoms with Crippen LogP contribution in [0.1, 0.15) is 11.1 Å². The summed E-state index contributed by atoms with van der Waals surface area (Å²) in [5, 5.41) is 14.0. The van der Waals surface area contributed by atoms with Crippen molar-refractivity contribution in [2.24, 2.45) is 0 Å². The molecule has 1 heterocycles. The number of nitrogens with zero attached hydrogens (tertiary/aromatic N) is 1. The van der Waals surface area contributed by atoms with Crippen molar-refractivity contribution < 1.29 is 5.11 Å². The first-order chi connectivity index (χ1) is 10.3. The van der Waals surface area contributed by atoms with Gasteiger partial charge < -0.3 is 10.4 Å². The number of hydrogen-bond acceptors (Lipinski definition) is 3. The molecule has 0 aliphatic carbocycles. The Bertz CT molecular complexity index is 735. The standard InChI is InChI=1S/C18H18N2O/c21-17-8-1-4-14(12-17)13-19-11-9-16-6-2-5-15-7-3-10-20-18(15)16/h1-8,10,12,19,21H,9,11,13H2. The number of phenols is 1. The maximum absolute atomic E-state index is 9.43. The number of nitrogens with one attached hydrogen (secondary N) is 1. The van der Waals surface area contributed by atoms with E-state index in [1.165, 1.54) is 10.9 Å². The van der Waals surface area contributed by atoms with E-state index in [1.807, 2.05) is 24.4 Å². The number of para-hydroxylation sites is 1. The molecule has 2 N–H and O–H groups in total. The first kappa shape index (κ1) is 13.6. The smallest absolute Gasteiger partial charge is 0.115 e. The topological polar surface area (TPSA) is 45.1 Å². The van der Waals surface area contributed by atoms with Gasteiger partial charge in [-0.3, -0.25) is 4.98 Å². The van der Waals surface area contributed by atoms with E-state index in [9.17, 15) is 5.11 Å². The molecule has 3 rings (SSSR count). The average molecular weight is 278 g/mol. The second kappa shape index (κ2) is 6.37. The van der Waals surface area contributed by atoms with Gasteiger partial charge in [0.25, 0.3) is 0 Å². The lowest BCUT2D eigenvalue weighted by Crippen LogP contribution is -2.16. The van der Waals surface area contributed by atoms with Crippen LogP contribution < -0.4 is 5.32 Å². The molecular formula is C18H18N2O. The van der Waals surface area contributed by atoms with E-state index in [0.717, 1.165) is 30.6 Å². The lowest BCUT2D eigenvalue weighted by molar-refractivity contribution is 0.474. The second-order valence-corrected chi connectivity index (χ2v) is 5.09. The molecule has 21 heavy (non-hydrogen) atoms. The quantitative estimate of drug-likeness (QED) is 0.704. The number of rotatable bonds is 5. The zero-order valence-electron chi connectivity index (χ0n) is 11.8. The molecule has 106 valence electrons. The minimum absolute atomic E-state index is 0.313. The third-order valence-corrected chi connectivity index (χ3v) is 3.53. The zero-order chi connectivity index (χ0) is 14.5. The Balaban J connectivity index is 1.60. The summed E-state index contributed by atoms with van der Waals surface area (Å²) in [6, 6.07) is 17.7. The van der Waals surface area contributed by atoms with E-state index in [-0.39, 0.29) is 0 Å². The largest absolute Gasteiger partial charge is 0.508 e. The van der Waals surface area contributed by atoms with Crippen molar-refractivity contribution in [1.29, 1.82) is 0 Å². The van der Waals surface area contributed by atoms with E-state index in [2.05, 4.69) is 34.6 Å². The predicted octanol–water partition coefficient (Wildman–Crippen LogP) is 3.27. The van der Waals surface area contributed by atoms with Gasteiger partial charge in [0.15, 0.2) is 0 Å². The summed E-state index contributed by atoms with van der Waals surface area (Å²) < 4.78 is 0. The minimum atomic E-state index is 0.313. The van der Waals surface area contributed by atoms with E-state index in [4.69, 9.17) is 0 Å². The highest BCUT2D eigenvalue weighted by Gasteiger charge is 2.01. The first-order valence-corrected chi connectivity index (χ1v) is 7.14. The fourth-order valence-electron chi connectivity index (χ4n) is 2.49. The number of pyridine rings is 1. The fourth-order valence-corrected chi connectivity index (χ4v) is 2.49. The van der Waals surface area contributed by atoms with E-state index < -0.39 is 0 Å². The number of benzene rings is 2. The molecule has 0 saturated carbocycles. The Kier molecular flexibility index (Phi) is 4.12. The van der Waals surface area contributed by atoms with Gasteiger partial charge in [0.2, 0.25) is 0 Å². The monoisotopic (exact) mass is 278 g/mol. The summed E-state index contributed by atoms with van der Waals surface area (Å²) in [6.07, 6.45) is 2.78. The van der Waals surface area contributed by atoms with Crippen molar-refractivity contribution in [3.63, 3.8) is 0 Å². The molecule has 0 radical (unpaired) electrons. The SMILES string of the molecule is Oc1cccc(CNCCc2cccc3cccnc23)c1. The Morgan fingerprint density at radius 2 is 1.86 bits per heavy atom. The van der Waals surface area contributed by atoms with Crippen molar-refractivity contribution in [2.45, 2.75) is 13.0 Å². The van der Waals surface area contributed by atoms with Crippen molar-refractivity contribution in [3.8, 4) is 5.75 Å². The van der Waals surface area contributed by atoms with Gasteiger partial charge in [0.05, 0.1) is 5.52 Å². The molecule has 0 atom stereocenters.